The van der Waals surface area contributed by atoms with E-state index in [1.165, 1.54) is 0 Å². The molecule has 11 nitrogen and oxygen atoms in total. The average Bonchev–Trinajstić information content (AvgIpc) is 2.86. The third-order valence-corrected chi connectivity index (χ3v) is 6.49. The van der Waals surface area contributed by atoms with Gasteiger partial charge in [0.05, 0.1) is 11.1 Å². The lowest BCUT2D eigenvalue weighted by atomic mass is 9.73. The summed E-state index contributed by atoms with van der Waals surface area (Å²) >= 11 is 6.06. The van der Waals surface area contributed by atoms with Gasteiger partial charge in [-0.15, -0.1) is 0 Å². The topological polar surface area (TPSA) is 169 Å². The Balaban J connectivity index is 1.82. The number of amides is 1. The first-order chi connectivity index (χ1) is 18.6. The second kappa shape index (κ2) is 11.3. The molecule has 1 aliphatic carbocycles. The zero-order valence-electron chi connectivity index (χ0n) is 20.2. The predicted molar refractivity (Wildman–Crippen MR) is 136 cm³/mol. The lowest BCUT2D eigenvalue weighted by molar-refractivity contribution is 0.0878. The lowest BCUT2D eigenvalue weighted by Crippen LogP contribution is -2.49. The lowest BCUT2D eigenvalue weighted by Gasteiger charge is -2.40. The summed E-state index contributed by atoms with van der Waals surface area (Å²) in [5.41, 5.74) is 1.42. The van der Waals surface area contributed by atoms with E-state index in [0.29, 0.717) is 17.9 Å². The van der Waals surface area contributed by atoms with E-state index in [-0.39, 0.29) is 0 Å². The highest BCUT2D eigenvalue weighted by molar-refractivity contribution is 6.30. The van der Waals surface area contributed by atoms with Crippen molar-refractivity contribution in [3.8, 4) is 17.2 Å². The van der Waals surface area contributed by atoms with Gasteiger partial charge in [-0.25, -0.2) is 14.4 Å². The number of nitrogens with one attached hydrogen (secondary N) is 1. The first-order valence-corrected chi connectivity index (χ1v) is 12.0. The second-order valence-electron chi connectivity index (χ2n) is 8.75. The highest BCUT2D eigenvalue weighted by atomic mass is 35.5. The predicted octanol–water partition coefficient (Wildman–Crippen LogP) is 5.71. The van der Waals surface area contributed by atoms with Crippen LogP contribution in [-0.2, 0) is 18.4 Å². The molecule has 1 atom stereocenters. The number of benzene rings is 3. The molecule has 0 saturated carbocycles. The van der Waals surface area contributed by atoms with Crippen LogP contribution in [-0.4, -0.2) is 39.7 Å². The summed E-state index contributed by atoms with van der Waals surface area (Å²) in [7, 11) is 0. The molecule has 0 bridgehead atoms. The Labute approximate surface area is 226 Å². The van der Waals surface area contributed by atoms with Gasteiger partial charge in [-0.2, -0.15) is 0 Å². The number of fused-ring (bicyclic) bond motifs is 1. The van der Waals surface area contributed by atoms with Crippen molar-refractivity contribution >= 4 is 36.0 Å². The maximum Gasteiger partial charge on any atom is 0.511 e. The van der Waals surface area contributed by atoms with E-state index in [4.69, 9.17) is 26.6 Å². The number of ether oxygens (including phenoxy) is 3. The molecule has 0 saturated heterocycles. The molecule has 3 aromatic rings. The fourth-order valence-electron chi connectivity index (χ4n) is 4.76. The molecular formula is C27H22ClNO10. The molecule has 0 radical (unpaired) electrons. The third kappa shape index (κ3) is 6.39. The van der Waals surface area contributed by atoms with Gasteiger partial charge in [-0.3, -0.25) is 4.79 Å². The van der Waals surface area contributed by atoms with Crippen molar-refractivity contribution in [1.29, 1.82) is 0 Å². The molecule has 0 spiro atoms. The first kappa shape index (κ1) is 27.3. The average molecular weight is 556 g/mol. The van der Waals surface area contributed by atoms with Gasteiger partial charge in [0.25, 0.3) is 5.91 Å². The monoisotopic (exact) mass is 555 g/mol. The molecule has 0 aromatic heterocycles. The van der Waals surface area contributed by atoms with Crippen LogP contribution in [0.5, 0.6) is 17.2 Å². The number of hydrogen-bond acceptors (Lipinski definition) is 7. The number of carbonyl (C=O) groups is 4. The maximum absolute atomic E-state index is 13.8. The molecule has 39 heavy (non-hydrogen) atoms. The van der Waals surface area contributed by atoms with Gasteiger partial charge < -0.3 is 34.8 Å². The van der Waals surface area contributed by atoms with Gasteiger partial charge in [0, 0.05) is 17.2 Å². The maximum atomic E-state index is 13.8. The van der Waals surface area contributed by atoms with Crippen molar-refractivity contribution in [2.24, 2.45) is 0 Å². The molecule has 0 heterocycles. The number of carbonyl (C=O) groups excluding carboxylic acids is 1. The van der Waals surface area contributed by atoms with Gasteiger partial charge >= 0.3 is 18.5 Å². The smallest absolute Gasteiger partial charge is 0.449 e. The summed E-state index contributed by atoms with van der Waals surface area (Å²) in [5, 5.41) is 30.9. The van der Waals surface area contributed by atoms with E-state index in [9.17, 15) is 24.3 Å². The van der Waals surface area contributed by atoms with E-state index < -0.39 is 52.7 Å². The second-order valence-corrected chi connectivity index (χ2v) is 9.19. The molecule has 0 aliphatic heterocycles. The van der Waals surface area contributed by atoms with Gasteiger partial charge in [0.1, 0.15) is 0 Å². The molecule has 202 valence electrons. The minimum absolute atomic E-state index is 0.362. The summed E-state index contributed by atoms with van der Waals surface area (Å²) in [6, 6.07) is 16.4. The van der Waals surface area contributed by atoms with Crippen molar-refractivity contribution in [3.05, 3.63) is 87.9 Å². The number of carboxylic acid groups (broad SMARTS) is 3. The molecule has 1 amide bonds. The number of aryl methyl sites for hydroxylation is 1. The molecular weight excluding hydrogens is 534 g/mol. The molecule has 0 fully saturated rings. The summed E-state index contributed by atoms with van der Waals surface area (Å²) in [4.78, 5) is 47.5. The standard InChI is InChI=1S/C27H22ClNO10/c28-17-9-7-15(8-10-17)14-27(11-3-5-16-4-1-2-6-19(16)27)29-23(30)18-12-21(38-25(33)34)22(39-26(35)36)13-20(18)37-24(31)32/h1-2,4,6-10,12-13H,3,5,11,14H2,(H,29,30)(H,31,32)(H,33,34)(H,35,36)/t27-/m0/s1. The largest absolute Gasteiger partial charge is 0.511 e. The highest BCUT2D eigenvalue weighted by Gasteiger charge is 2.39. The third-order valence-electron chi connectivity index (χ3n) is 6.24. The van der Waals surface area contributed by atoms with Crippen LogP contribution in [0.2, 0.25) is 5.02 Å². The summed E-state index contributed by atoms with van der Waals surface area (Å²) in [6.45, 7) is 0. The Hall–Kier alpha value is -4.77. The number of halogens is 1. The van der Waals surface area contributed by atoms with E-state index in [1.54, 1.807) is 12.1 Å². The zero-order chi connectivity index (χ0) is 28.2. The molecule has 4 rings (SSSR count). The summed E-state index contributed by atoms with van der Waals surface area (Å²) < 4.78 is 13.9. The Morgan fingerprint density at radius 2 is 1.41 bits per heavy atom. The van der Waals surface area contributed by atoms with E-state index >= 15 is 0 Å². The van der Waals surface area contributed by atoms with Gasteiger partial charge in [0.15, 0.2) is 17.2 Å². The van der Waals surface area contributed by atoms with Crippen molar-refractivity contribution in [2.45, 2.75) is 31.2 Å². The first-order valence-electron chi connectivity index (χ1n) is 11.6. The number of hydrogen-bond donors (Lipinski definition) is 4. The van der Waals surface area contributed by atoms with Gasteiger partial charge in [-0.1, -0.05) is 48.0 Å². The van der Waals surface area contributed by atoms with E-state index in [0.717, 1.165) is 41.7 Å². The van der Waals surface area contributed by atoms with E-state index in [1.807, 2.05) is 36.4 Å². The summed E-state index contributed by atoms with van der Waals surface area (Å²) in [6.07, 6.45) is -3.02. The molecule has 0 unspecified atom stereocenters. The van der Waals surface area contributed by atoms with Crippen LogP contribution in [0, 0.1) is 0 Å². The fraction of sp³-hybridized carbons (Fsp3) is 0.185. The van der Waals surface area contributed by atoms with Crippen molar-refractivity contribution < 1.29 is 48.7 Å². The van der Waals surface area contributed by atoms with Crippen LogP contribution in [0.4, 0.5) is 14.4 Å². The zero-order valence-corrected chi connectivity index (χ0v) is 20.9. The van der Waals surface area contributed by atoms with Crippen LogP contribution in [0.1, 0.15) is 39.9 Å². The van der Waals surface area contributed by atoms with Crippen molar-refractivity contribution in [2.75, 3.05) is 0 Å². The van der Waals surface area contributed by atoms with Crippen LogP contribution < -0.4 is 19.5 Å². The fourth-order valence-corrected chi connectivity index (χ4v) is 4.88. The van der Waals surface area contributed by atoms with Gasteiger partial charge in [-0.05, 0) is 54.5 Å². The molecule has 12 heteroatoms. The van der Waals surface area contributed by atoms with Crippen LogP contribution >= 0.6 is 11.6 Å². The Kier molecular flexibility index (Phi) is 7.91. The number of rotatable bonds is 7. The SMILES string of the molecule is O=C(O)Oc1cc(OC(=O)O)c(C(=O)N[C@]2(Cc3ccc(Cl)cc3)CCCc3ccccc32)cc1OC(=O)O. The minimum atomic E-state index is -1.83. The minimum Gasteiger partial charge on any atom is -0.449 e. The Morgan fingerprint density at radius 3 is 2.05 bits per heavy atom. The van der Waals surface area contributed by atoms with Crippen molar-refractivity contribution in [1.82, 2.24) is 5.32 Å². The quantitative estimate of drug-likeness (QED) is 0.209. The molecule has 1 aliphatic rings. The van der Waals surface area contributed by atoms with Crippen molar-refractivity contribution in [3.63, 3.8) is 0 Å². The molecule has 4 N–H and O–H groups in total. The van der Waals surface area contributed by atoms with Crippen LogP contribution in [0.15, 0.2) is 60.7 Å². The highest BCUT2D eigenvalue weighted by Crippen LogP contribution is 2.40. The van der Waals surface area contributed by atoms with Crippen LogP contribution in [0.3, 0.4) is 0 Å². The normalized spacial score (nSPS) is 15.9. The molecule has 3 aromatic carbocycles. The van der Waals surface area contributed by atoms with Gasteiger partial charge in [0.2, 0.25) is 0 Å². The van der Waals surface area contributed by atoms with E-state index in [2.05, 4.69) is 14.8 Å². The van der Waals surface area contributed by atoms with Crippen LogP contribution in [0.25, 0.3) is 0 Å². The Morgan fingerprint density at radius 1 is 0.821 bits per heavy atom. The summed E-state index contributed by atoms with van der Waals surface area (Å²) in [5.74, 6) is -2.73. The Bertz CT molecular complexity index is 1440.